The molecular formula is C10H18O. The van der Waals surface area contributed by atoms with Crippen LogP contribution in [0.3, 0.4) is 0 Å². The molecule has 1 aliphatic rings. The Morgan fingerprint density at radius 1 is 1.36 bits per heavy atom. The van der Waals surface area contributed by atoms with E-state index in [1.807, 2.05) is 0 Å². The Labute approximate surface area is 69.4 Å². The van der Waals surface area contributed by atoms with Crippen molar-refractivity contribution < 1.29 is 4.74 Å². The summed E-state index contributed by atoms with van der Waals surface area (Å²) in [5, 5.41) is 0. The molecule has 11 heavy (non-hydrogen) atoms. The van der Waals surface area contributed by atoms with Crippen LogP contribution in [0.1, 0.15) is 33.6 Å². The summed E-state index contributed by atoms with van der Waals surface area (Å²) in [6.07, 6.45) is 7.17. The van der Waals surface area contributed by atoms with Gasteiger partial charge in [-0.3, -0.25) is 0 Å². The Bertz CT molecular complexity index is 137. The minimum Gasteiger partial charge on any atom is -0.372 e. The van der Waals surface area contributed by atoms with Crippen molar-refractivity contribution in [3.05, 3.63) is 12.2 Å². The highest BCUT2D eigenvalue weighted by Crippen LogP contribution is 2.29. The van der Waals surface area contributed by atoms with Crippen molar-refractivity contribution in [1.82, 2.24) is 0 Å². The van der Waals surface area contributed by atoms with Gasteiger partial charge in [0, 0.05) is 0 Å². The van der Waals surface area contributed by atoms with Crippen molar-refractivity contribution >= 4 is 0 Å². The molecule has 0 atom stereocenters. The molecular weight excluding hydrogens is 136 g/mol. The topological polar surface area (TPSA) is 9.23 Å². The minimum absolute atomic E-state index is 0.00783. The van der Waals surface area contributed by atoms with Crippen molar-refractivity contribution in [3.63, 3.8) is 0 Å². The third-order valence-electron chi connectivity index (χ3n) is 1.64. The Morgan fingerprint density at radius 2 is 2.00 bits per heavy atom. The van der Waals surface area contributed by atoms with E-state index < -0.39 is 0 Å². The van der Waals surface area contributed by atoms with Crippen molar-refractivity contribution in [1.29, 1.82) is 0 Å². The number of rotatable bonds is 3. The van der Waals surface area contributed by atoms with Crippen LogP contribution in [0.25, 0.3) is 0 Å². The molecule has 0 amide bonds. The lowest BCUT2D eigenvalue weighted by Crippen LogP contribution is -2.18. The maximum absolute atomic E-state index is 5.52. The first-order valence-electron chi connectivity index (χ1n) is 4.38. The van der Waals surface area contributed by atoms with Crippen LogP contribution in [0.5, 0.6) is 0 Å². The Balaban J connectivity index is 2.02. The van der Waals surface area contributed by atoms with Gasteiger partial charge < -0.3 is 4.74 Å². The molecule has 0 aromatic heterocycles. The Kier molecular flexibility index (Phi) is 2.72. The summed E-state index contributed by atoms with van der Waals surface area (Å²) >= 11 is 0. The summed E-state index contributed by atoms with van der Waals surface area (Å²) in [5.41, 5.74) is 0.00783. The molecule has 0 unspecified atom stereocenters. The van der Waals surface area contributed by atoms with Crippen LogP contribution < -0.4 is 0 Å². The van der Waals surface area contributed by atoms with Gasteiger partial charge in [-0.15, -0.1) is 0 Å². The predicted octanol–water partition coefficient (Wildman–Crippen LogP) is 2.77. The monoisotopic (exact) mass is 154 g/mol. The van der Waals surface area contributed by atoms with Gasteiger partial charge >= 0.3 is 0 Å². The predicted molar refractivity (Wildman–Crippen MR) is 47.6 cm³/mol. The fourth-order valence-electron chi connectivity index (χ4n) is 0.835. The van der Waals surface area contributed by atoms with E-state index in [9.17, 15) is 0 Å². The SMILES string of the molecule is CC(C)(C)OC/C=C/C1CC1. The molecule has 64 valence electrons. The molecule has 0 aromatic carbocycles. The molecule has 0 radical (unpaired) electrons. The minimum atomic E-state index is 0.00783. The summed E-state index contributed by atoms with van der Waals surface area (Å²) < 4.78 is 5.52. The normalized spacial score (nSPS) is 19.5. The van der Waals surface area contributed by atoms with Gasteiger partial charge in [0.1, 0.15) is 0 Å². The second kappa shape index (κ2) is 3.40. The molecule has 0 bridgehead atoms. The van der Waals surface area contributed by atoms with E-state index in [1.54, 1.807) is 0 Å². The van der Waals surface area contributed by atoms with Crippen LogP contribution in [0.15, 0.2) is 12.2 Å². The molecule has 1 fully saturated rings. The second-order valence-electron chi connectivity index (χ2n) is 4.19. The zero-order valence-electron chi connectivity index (χ0n) is 7.76. The first-order chi connectivity index (χ1) is 5.08. The van der Waals surface area contributed by atoms with Gasteiger partial charge in [0.25, 0.3) is 0 Å². The van der Waals surface area contributed by atoms with E-state index in [2.05, 4.69) is 32.9 Å². The average Bonchev–Trinajstić information content (AvgIpc) is 2.60. The molecule has 0 aromatic rings. The largest absolute Gasteiger partial charge is 0.372 e. The molecule has 1 aliphatic carbocycles. The van der Waals surface area contributed by atoms with E-state index >= 15 is 0 Å². The number of hydrogen-bond acceptors (Lipinski definition) is 1. The highest BCUT2D eigenvalue weighted by atomic mass is 16.5. The van der Waals surface area contributed by atoms with E-state index in [1.165, 1.54) is 12.8 Å². The molecule has 1 saturated carbocycles. The van der Waals surface area contributed by atoms with Gasteiger partial charge in [0.05, 0.1) is 12.2 Å². The Hall–Kier alpha value is -0.300. The summed E-state index contributed by atoms with van der Waals surface area (Å²) in [6, 6.07) is 0. The first-order valence-corrected chi connectivity index (χ1v) is 4.38. The summed E-state index contributed by atoms with van der Waals surface area (Å²) in [4.78, 5) is 0. The van der Waals surface area contributed by atoms with E-state index in [4.69, 9.17) is 4.74 Å². The lowest BCUT2D eigenvalue weighted by atomic mass is 10.2. The number of ether oxygens (including phenoxy) is 1. The summed E-state index contributed by atoms with van der Waals surface area (Å²) in [6.45, 7) is 7.01. The van der Waals surface area contributed by atoms with E-state index in [-0.39, 0.29) is 5.60 Å². The van der Waals surface area contributed by atoms with E-state index in [0.29, 0.717) is 0 Å². The smallest absolute Gasteiger partial charge is 0.0654 e. The molecule has 0 spiro atoms. The van der Waals surface area contributed by atoms with E-state index in [0.717, 1.165) is 12.5 Å². The average molecular weight is 154 g/mol. The third kappa shape index (κ3) is 5.02. The fraction of sp³-hybridized carbons (Fsp3) is 0.800. The molecule has 1 nitrogen and oxygen atoms in total. The van der Waals surface area contributed by atoms with Crippen LogP contribution in [-0.2, 0) is 4.74 Å². The van der Waals surface area contributed by atoms with Gasteiger partial charge in [0.15, 0.2) is 0 Å². The summed E-state index contributed by atoms with van der Waals surface area (Å²) in [5.74, 6) is 0.874. The maximum Gasteiger partial charge on any atom is 0.0654 e. The number of hydrogen-bond donors (Lipinski definition) is 0. The van der Waals surface area contributed by atoms with Gasteiger partial charge in [-0.25, -0.2) is 0 Å². The van der Waals surface area contributed by atoms with Gasteiger partial charge in [-0.05, 0) is 39.5 Å². The zero-order valence-corrected chi connectivity index (χ0v) is 7.76. The van der Waals surface area contributed by atoms with Gasteiger partial charge in [0.2, 0.25) is 0 Å². The quantitative estimate of drug-likeness (QED) is 0.568. The zero-order chi connectivity index (χ0) is 8.32. The third-order valence-corrected chi connectivity index (χ3v) is 1.64. The molecule has 0 N–H and O–H groups in total. The summed E-state index contributed by atoms with van der Waals surface area (Å²) in [7, 11) is 0. The van der Waals surface area contributed by atoms with Crippen LogP contribution in [0.4, 0.5) is 0 Å². The lowest BCUT2D eigenvalue weighted by Gasteiger charge is -2.17. The van der Waals surface area contributed by atoms with Crippen LogP contribution >= 0.6 is 0 Å². The molecule has 0 saturated heterocycles. The lowest BCUT2D eigenvalue weighted by molar-refractivity contribution is 0.0149. The van der Waals surface area contributed by atoms with Crippen molar-refractivity contribution in [2.45, 2.75) is 39.2 Å². The van der Waals surface area contributed by atoms with Crippen molar-refractivity contribution in [2.24, 2.45) is 5.92 Å². The molecule has 1 heteroatoms. The molecule has 1 rings (SSSR count). The van der Waals surface area contributed by atoms with Crippen molar-refractivity contribution in [2.75, 3.05) is 6.61 Å². The highest BCUT2D eigenvalue weighted by Gasteiger charge is 2.16. The van der Waals surface area contributed by atoms with Gasteiger partial charge in [-0.1, -0.05) is 12.2 Å². The maximum atomic E-state index is 5.52. The number of allylic oxidation sites excluding steroid dienone is 1. The van der Waals surface area contributed by atoms with Crippen molar-refractivity contribution in [3.8, 4) is 0 Å². The van der Waals surface area contributed by atoms with Crippen LogP contribution in [0, 0.1) is 5.92 Å². The Morgan fingerprint density at radius 3 is 2.45 bits per heavy atom. The van der Waals surface area contributed by atoms with Crippen LogP contribution in [-0.4, -0.2) is 12.2 Å². The molecule has 0 aliphatic heterocycles. The molecule has 0 heterocycles. The standard InChI is InChI=1S/C10H18O/c1-10(2,3)11-8-4-5-9-6-7-9/h4-5,9H,6-8H2,1-3H3/b5-4+. The highest BCUT2D eigenvalue weighted by molar-refractivity contribution is 4.95. The van der Waals surface area contributed by atoms with Crippen LogP contribution in [0.2, 0.25) is 0 Å². The second-order valence-corrected chi connectivity index (χ2v) is 4.19. The van der Waals surface area contributed by atoms with Gasteiger partial charge in [-0.2, -0.15) is 0 Å². The first kappa shape index (κ1) is 8.79. The fourth-order valence-corrected chi connectivity index (χ4v) is 0.835.